The van der Waals surface area contributed by atoms with Crippen molar-refractivity contribution in [3.8, 4) is 34.4 Å². The summed E-state index contributed by atoms with van der Waals surface area (Å²) in [6, 6.07) is 87.4. The Morgan fingerprint density at radius 1 is 0.263 bits per heavy atom. The average Bonchev–Trinajstić information content (AvgIpc) is 4.39. The summed E-state index contributed by atoms with van der Waals surface area (Å²) in [6.45, 7) is 0. The van der Waals surface area contributed by atoms with Gasteiger partial charge in [0.05, 0.1) is 11.4 Å². The number of hydrogen-bond acceptors (Lipinski definition) is 8. The average molecular weight is 1030 g/mol. The van der Waals surface area contributed by atoms with E-state index < -0.39 is 0 Å². The van der Waals surface area contributed by atoms with E-state index in [-0.39, 0.29) is 0 Å². The monoisotopic (exact) mass is 1020 g/mol. The highest BCUT2D eigenvalue weighted by atomic mass is 16.3. The summed E-state index contributed by atoms with van der Waals surface area (Å²) in [5, 5.41) is 31.7. The Morgan fingerprint density at radius 2 is 0.613 bits per heavy atom. The highest BCUT2D eigenvalue weighted by molar-refractivity contribution is 6.18. The molecule has 0 saturated heterocycles. The standard InChI is InChI=1S/C72H40N4O4/c73-41-61-63(75(49-23-19-45(20-24-49)43-11-3-1-4-12-43)51-27-29-55-53-15-7-9-17-65(53)77-69(55)39-51)33-31-57-59-35-47-36-60-58-32-34-64(62(42-74)72(58)80-68(60)38-48(47)37-67(59)79-71(57)61)76(50-25-21-46(22-26-50)44-13-5-2-6-14-44)52-28-30-56-54-16-8-10-18-66(54)78-70(56)40-52/h1-40H. The largest absolute Gasteiger partial charge is 0.456 e. The van der Waals surface area contributed by atoms with E-state index in [1.165, 1.54) is 0 Å². The van der Waals surface area contributed by atoms with Gasteiger partial charge in [0.1, 0.15) is 56.8 Å². The van der Waals surface area contributed by atoms with Gasteiger partial charge in [0.25, 0.3) is 0 Å². The van der Waals surface area contributed by atoms with Crippen molar-refractivity contribution in [2.45, 2.75) is 0 Å². The van der Waals surface area contributed by atoms with Crippen molar-refractivity contribution >= 4 is 133 Å². The quantitative estimate of drug-likeness (QED) is 0.148. The van der Waals surface area contributed by atoms with E-state index >= 15 is 0 Å². The van der Waals surface area contributed by atoms with Crippen molar-refractivity contribution in [3.63, 3.8) is 0 Å². The first-order valence-electron chi connectivity index (χ1n) is 26.4. The van der Waals surface area contributed by atoms with Crippen LogP contribution in [0.4, 0.5) is 34.1 Å². The minimum Gasteiger partial charge on any atom is -0.456 e. The van der Waals surface area contributed by atoms with Gasteiger partial charge in [-0.1, -0.05) is 121 Å². The van der Waals surface area contributed by atoms with E-state index in [0.29, 0.717) is 44.8 Å². The molecule has 0 aliphatic carbocycles. The summed E-state index contributed by atoms with van der Waals surface area (Å²) < 4.78 is 26.4. The summed E-state index contributed by atoms with van der Waals surface area (Å²) in [4.78, 5) is 4.20. The third kappa shape index (κ3) is 7.00. The molecular weight excluding hydrogens is 985 g/mol. The molecule has 4 heterocycles. The molecule has 8 nitrogen and oxygen atoms in total. The molecule has 0 aliphatic heterocycles. The van der Waals surface area contributed by atoms with Crippen LogP contribution in [0.1, 0.15) is 11.1 Å². The number of nitrogens with zero attached hydrogens (tertiary/aromatic N) is 4. The zero-order valence-corrected chi connectivity index (χ0v) is 42.5. The van der Waals surface area contributed by atoms with Crippen LogP contribution in [-0.4, -0.2) is 0 Å². The molecule has 0 saturated carbocycles. The molecule has 372 valence electrons. The molecule has 0 radical (unpaired) electrons. The minimum atomic E-state index is 0.401. The van der Waals surface area contributed by atoms with Crippen molar-refractivity contribution in [2.24, 2.45) is 0 Å². The Morgan fingerprint density at radius 3 is 1.05 bits per heavy atom. The molecule has 12 aromatic carbocycles. The van der Waals surface area contributed by atoms with Gasteiger partial charge in [0, 0.05) is 78.0 Å². The first-order chi connectivity index (χ1) is 39.5. The number of rotatable bonds is 8. The molecule has 0 bridgehead atoms. The van der Waals surface area contributed by atoms with Gasteiger partial charge in [-0.15, -0.1) is 0 Å². The number of nitriles is 2. The van der Waals surface area contributed by atoms with Crippen LogP contribution in [0.15, 0.2) is 260 Å². The maximum absolute atomic E-state index is 11.2. The van der Waals surface area contributed by atoms with E-state index in [4.69, 9.17) is 17.7 Å². The number of anilines is 6. The predicted molar refractivity (Wildman–Crippen MR) is 323 cm³/mol. The highest BCUT2D eigenvalue weighted by Crippen LogP contribution is 2.47. The van der Waals surface area contributed by atoms with Crippen LogP contribution >= 0.6 is 0 Å². The molecule has 80 heavy (non-hydrogen) atoms. The molecule has 0 N–H and O–H groups in total. The van der Waals surface area contributed by atoms with Gasteiger partial charge in [0.15, 0.2) is 11.2 Å². The molecular formula is C72H40N4O4. The van der Waals surface area contributed by atoms with Crippen molar-refractivity contribution in [3.05, 3.63) is 254 Å². The Labute approximate surface area is 456 Å². The summed E-state index contributed by atoms with van der Waals surface area (Å²) in [5.74, 6) is 0. The summed E-state index contributed by atoms with van der Waals surface area (Å²) in [5.41, 5.74) is 15.3. The van der Waals surface area contributed by atoms with E-state index in [1.54, 1.807) is 0 Å². The fourth-order valence-corrected chi connectivity index (χ4v) is 11.9. The Balaban J connectivity index is 0.821. The Hall–Kier alpha value is -11.3. The predicted octanol–water partition coefficient (Wildman–Crippen LogP) is 20.5. The maximum Gasteiger partial charge on any atom is 0.155 e. The first-order valence-corrected chi connectivity index (χ1v) is 26.4. The Kier molecular flexibility index (Phi) is 9.90. The fraction of sp³-hybridized carbons (Fsp3) is 0. The first kappa shape index (κ1) is 44.9. The molecule has 0 unspecified atom stereocenters. The second-order valence-electron chi connectivity index (χ2n) is 20.2. The van der Waals surface area contributed by atoms with Gasteiger partial charge in [0.2, 0.25) is 0 Å². The summed E-state index contributed by atoms with van der Waals surface area (Å²) >= 11 is 0. The molecule has 0 spiro atoms. The SMILES string of the molecule is N#Cc1c(N(c2ccc(-c3ccccc3)cc2)c2ccc3c(c2)oc2ccccc23)ccc2c1oc1cc3cc4oc5c(C#N)c(N(c6ccc(-c7ccccc7)cc6)c6ccc7c(c6)oc6ccccc67)ccc5c4cc3cc12. The normalized spacial score (nSPS) is 11.7. The summed E-state index contributed by atoms with van der Waals surface area (Å²) in [7, 11) is 0. The summed E-state index contributed by atoms with van der Waals surface area (Å²) in [6.07, 6.45) is 0. The smallest absolute Gasteiger partial charge is 0.155 e. The van der Waals surface area contributed by atoms with Gasteiger partial charge >= 0.3 is 0 Å². The third-order valence-electron chi connectivity index (χ3n) is 15.7. The van der Waals surface area contributed by atoms with Crippen molar-refractivity contribution < 1.29 is 17.7 Å². The molecule has 16 rings (SSSR count). The van der Waals surface area contributed by atoms with Crippen LogP contribution in [0.25, 0.3) is 121 Å². The highest BCUT2D eigenvalue weighted by Gasteiger charge is 2.26. The van der Waals surface area contributed by atoms with Gasteiger partial charge in [-0.05, 0) is 142 Å². The third-order valence-corrected chi connectivity index (χ3v) is 15.7. The van der Waals surface area contributed by atoms with Crippen LogP contribution in [0.5, 0.6) is 0 Å². The van der Waals surface area contributed by atoms with Gasteiger partial charge < -0.3 is 27.5 Å². The van der Waals surface area contributed by atoms with E-state index in [1.807, 2.05) is 121 Å². The molecule has 0 amide bonds. The second-order valence-corrected chi connectivity index (χ2v) is 20.2. The molecule has 0 aliphatic rings. The molecule has 4 aromatic heterocycles. The van der Waals surface area contributed by atoms with E-state index in [9.17, 15) is 10.5 Å². The minimum absolute atomic E-state index is 0.401. The lowest BCUT2D eigenvalue weighted by Crippen LogP contribution is -2.11. The number of fused-ring (bicyclic) bond motifs is 13. The van der Waals surface area contributed by atoms with Crippen LogP contribution in [-0.2, 0) is 0 Å². The van der Waals surface area contributed by atoms with Crippen LogP contribution < -0.4 is 9.80 Å². The molecule has 0 atom stereocenters. The second kappa shape index (κ2) is 17.6. The zero-order valence-electron chi connectivity index (χ0n) is 42.5. The number of hydrogen-bond donors (Lipinski definition) is 0. The van der Waals surface area contributed by atoms with Crippen LogP contribution in [0.2, 0.25) is 0 Å². The van der Waals surface area contributed by atoms with Crippen molar-refractivity contribution in [1.82, 2.24) is 0 Å². The fourth-order valence-electron chi connectivity index (χ4n) is 11.9. The number of furan rings is 4. The lowest BCUT2D eigenvalue weighted by atomic mass is 10.0. The van der Waals surface area contributed by atoms with Gasteiger partial charge in [-0.25, -0.2) is 0 Å². The van der Waals surface area contributed by atoms with E-state index in [0.717, 1.165) is 121 Å². The van der Waals surface area contributed by atoms with Crippen LogP contribution in [0, 0.1) is 22.7 Å². The van der Waals surface area contributed by atoms with Gasteiger partial charge in [-0.3, -0.25) is 0 Å². The molecule has 16 aromatic rings. The van der Waals surface area contributed by atoms with Crippen LogP contribution in [0.3, 0.4) is 0 Å². The number of para-hydroxylation sites is 2. The van der Waals surface area contributed by atoms with E-state index in [2.05, 4.69) is 143 Å². The maximum atomic E-state index is 11.2. The van der Waals surface area contributed by atoms with Crippen molar-refractivity contribution in [1.29, 1.82) is 10.5 Å². The number of benzene rings is 12. The lowest BCUT2D eigenvalue weighted by molar-refractivity contribution is 0.667. The lowest BCUT2D eigenvalue weighted by Gasteiger charge is -2.26. The zero-order chi connectivity index (χ0) is 53.0. The topological polar surface area (TPSA) is 107 Å². The molecule has 0 fully saturated rings. The Bertz CT molecular complexity index is 4940. The van der Waals surface area contributed by atoms with Crippen molar-refractivity contribution in [2.75, 3.05) is 9.80 Å². The molecule has 8 heteroatoms. The van der Waals surface area contributed by atoms with Gasteiger partial charge in [-0.2, -0.15) is 10.5 Å².